The number of anilines is 6. The largest absolute Gasteiger partial charge is 0.417 e. The normalized spacial score (nSPS) is 13.0. The van der Waals surface area contributed by atoms with Crippen LogP contribution in [-0.4, -0.2) is 0 Å². The van der Waals surface area contributed by atoms with Crippen LogP contribution in [0.1, 0.15) is 33.4 Å². The third-order valence-electron chi connectivity index (χ3n) is 9.49. The number of halogens is 22. The highest BCUT2D eigenvalue weighted by Gasteiger charge is 2.41. The van der Waals surface area contributed by atoms with E-state index < -0.39 is 139 Å². The molecule has 24 heteroatoms. The number of hydrogen-bond donors (Lipinski definition) is 0. The first-order valence-electron chi connectivity index (χ1n) is 17.7. The zero-order valence-corrected chi connectivity index (χ0v) is 31.6. The van der Waals surface area contributed by atoms with Crippen LogP contribution in [0.3, 0.4) is 0 Å². The Morgan fingerprint density at radius 3 is 0.667 bits per heavy atom. The van der Waals surface area contributed by atoms with Crippen LogP contribution >= 0.6 is 0 Å². The fourth-order valence-corrected chi connectivity index (χ4v) is 6.56. The maximum absolute atomic E-state index is 15.5. The van der Waals surface area contributed by atoms with E-state index in [0.29, 0.717) is 12.1 Å². The molecule has 66 heavy (non-hydrogen) atoms. The van der Waals surface area contributed by atoms with Crippen molar-refractivity contribution in [3.05, 3.63) is 166 Å². The number of rotatable bonds is 7. The van der Waals surface area contributed by atoms with Crippen LogP contribution in [0.15, 0.2) is 109 Å². The third-order valence-corrected chi connectivity index (χ3v) is 9.49. The van der Waals surface area contributed by atoms with Crippen molar-refractivity contribution in [1.82, 2.24) is 0 Å². The van der Waals surface area contributed by atoms with Crippen LogP contribution in [0.2, 0.25) is 0 Å². The van der Waals surface area contributed by atoms with Gasteiger partial charge in [-0.05, 0) is 108 Å². The van der Waals surface area contributed by atoms with Gasteiger partial charge < -0.3 is 9.80 Å². The average Bonchev–Trinajstić information content (AvgIpc) is 3.18. The van der Waals surface area contributed by atoms with Crippen LogP contribution in [0, 0.1) is 23.3 Å². The number of benzene rings is 6. The highest BCUT2D eigenvalue weighted by atomic mass is 19.4. The van der Waals surface area contributed by atoms with E-state index in [1.807, 2.05) is 0 Å². The van der Waals surface area contributed by atoms with Crippen molar-refractivity contribution in [3.8, 4) is 11.1 Å². The topological polar surface area (TPSA) is 6.48 Å². The third kappa shape index (κ3) is 9.95. The molecule has 0 bridgehead atoms. The molecule has 0 aliphatic rings. The summed E-state index contributed by atoms with van der Waals surface area (Å²) in [5.74, 6) is -7.74. The summed E-state index contributed by atoms with van der Waals surface area (Å²) in [5.41, 5.74) is -20.9. The molecule has 0 N–H and O–H groups in total. The minimum Gasteiger partial charge on any atom is -0.305 e. The molecule has 0 amide bonds. The highest BCUT2D eigenvalue weighted by molar-refractivity contribution is 5.84. The number of alkyl halides is 18. The molecule has 0 radical (unpaired) electrons. The summed E-state index contributed by atoms with van der Waals surface area (Å²) in [4.78, 5) is 0.180. The van der Waals surface area contributed by atoms with Crippen LogP contribution in [0.5, 0.6) is 0 Å². The van der Waals surface area contributed by atoms with Gasteiger partial charge in [0.05, 0.1) is 56.1 Å². The minimum atomic E-state index is -5.78. The average molecular weight is 969 g/mol. The van der Waals surface area contributed by atoms with Gasteiger partial charge in [-0.1, -0.05) is 12.1 Å². The van der Waals surface area contributed by atoms with Crippen LogP contribution < -0.4 is 9.80 Å². The molecule has 2 nitrogen and oxygen atoms in total. The summed E-state index contributed by atoms with van der Waals surface area (Å²) in [5, 5.41) is 0. The van der Waals surface area contributed by atoms with Crippen molar-refractivity contribution in [1.29, 1.82) is 0 Å². The molecule has 0 fully saturated rings. The predicted octanol–water partition coefficient (Wildman–Crippen LogP) is 17.0. The van der Waals surface area contributed by atoms with Crippen LogP contribution in [-0.2, 0) is 37.1 Å². The van der Waals surface area contributed by atoms with Gasteiger partial charge in [0.25, 0.3) is 0 Å². The molecule has 0 aromatic heterocycles. The predicted molar refractivity (Wildman–Crippen MR) is 191 cm³/mol. The Kier molecular flexibility index (Phi) is 12.3. The lowest BCUT2D eigenvalue weighted by Gasteiger charge is -2.29. The van der Waals surface area contributed by atoms with Gasteiger partial charge in [0.15, 0.2) is 0 Å². The van der Waals surface area contributed by atoms with Crippen molar-refractivity contribution in [3.63, 3.8) is 0 Å². The first-order valence-corrected chi connectivity index (χ1v) is 17.7. The summed E-state index contributed by atoms with van der Waals surface area (Å²) in [6, 6.07) is 2.18. The SMILES string of the molecule is Fc1cc(C(F)(F)F)ccc1N(c1ccc(-c2ccc(N(c3ccc(C(F)(F)F)cc3F)c3ccc(C(F)(F)F)cc3F)cc2C(F)(F)F)c(C(F)(F)F)c1)c1ccc(C(F)(F)F)cc1F. The molecular weight excluding hydrogens is 950 g/mol. The second-order valence-corrected chi connectivity index (χ2v) is 13.8. The zero-order chi connectivity index (χ0) is 49.3. The first kappa shape index (κ1) is 48.8. The standard InChI is InChI=1S/C42H18F22N2/c43-29-13-19(37(47,48)49)1-9-33(29)65(34-10-2-20(14-30(34)44)38(50,51)52)23-5-7-25(27(17-23)41(59,60)61)26-8-6-24(18-28(26)42(62,63)64)66(35-11-3-21(15-31(35)45)39(53,54)55)36-12-4-22(16-32(36)46)40(56,57)58/h1-18H. The van der Waals surface area contributed by atoms with Gasteiger partial charge in [0, 0.05) is 11.4 Å². The van der Waals surface area contributed by atoms with Crippen LogP contribution in [0.25, 0.3) is 11.1 Å². The number of hydrogen-bond acceptors (Lipinski definition) is 2. The maximum atomic E-state index is 15.5. The molecule has 350 valence electrons. The Morgan fingerprint density at radius 1 is 0.258 bits per heavy atom. The van der Waals surface area contributed by atoms with Gasteiger partial charge in [0.1, 0.15) is 23.3 Å². The Hall–Kier alpha value is -6.62. The fourth-order valence-electron chi connectivity index (χ4n) is 6.56. The Morgan fingerprint density at radius 2 is 0.485 bits per heavy atom. The van der Waals surface area contributed by atoms with Gasteiger partial charge in [-0.15, -0.1) is 0 Å². The van der Waals surface area contributed by atoms with E-state index in [1.165, 1.54) is 0 Å². The van der Waals surface area contributed by atoms with E-state index in [0.717, 1.165) is 0 Å². The van der Waals surface area contributed by atoms with Gasteiger partial charge in [-0.3, -0.25) is 0 Å². The smallest absolute Gasteiger partial charge is 0.305 e. The van der Waals surface area contributed by atoms with E-state index in [-0.39, 0.29) is 107 Å². The summed E-state index contributed by atoms with van der Waals surface area (Å²) in [7, 11) is 0. The molecule has 0 saturated carbocycles. The maximum Gasteiger partial charge on any atom is 0.417 e. The molecule has 0 heterocycles. The van der Waals surface area contributed by atoms with Gasteiger partial charge in [0.2, 0.25) is 0 Å². The van der Waals surface area contributed by atoms with Crippen molar-refractivity contribution in [2.75, 3.05) is 9.80 Å². The van der Waals surface area contributed by atoms with Gasteiger partial charge in [-0.2, -0.15) is 79.0 Å². The molecule has 6 aromatic rings. The highest BCUT2D eigenvalue weighted by Crippen LogP contribution is 2.50. The summed E-state index contributed by atoms with van der Waals surface area (Å²) in [6.07, 6.45) is -32.5. The summed E-state index contributed by atoms with van der Waals surface area (Å²) >= 11 is 0. The quantitative estimate of drug-likeness (QED) is 0.147. The van der Waals surface area contributed by atoms with Crippen molar-refractivity contribution in [2.45, 2.75) is 37.1 Å². The summed E-state index contributed by atoms with van der Waals surface area (Å²) in [6.45, 7) is 0. The molecule has 0 unspecified atom stereocenters. The molecule has 6 rings (SSSR count). The van der Waals surface area contributed by atoms with Crippen LogP contribution in [0.4, 0.5) is 131 Å². The van der Waals surface area contributed by atoms with E-state index in [9.17, 15) is 79.0 Å². The molecule has 0 spiro atoms. The Bertz CT molecular complexity index is 2480. The van der Waals surface area contributed by atoms with Crippen molar-refractivity contribution < 1.29 is 96.6 Å². The van der Waals surface area contributed by atoms with E-state index in [1.54, 1.807) is 0 Å². The number of nitrogens with zero attached hydrogens (tertiary/aromatic N) is 2. The molecule has 6 aromatic carbocycles. The lowest BCUT2D eigenvalue weighted by Crippen LogP contribution is -2.18. The zero-order valence-electron chi connectivity index (χ0n) is 31.6. The molecule has 0 aliphatic carbocycles. The Labute approximate surface area is 354 Å². The van der Waals surface area contributed by atoms with Crippen molar-refractivity contribution >= 4 is 34.1 Å². The van der Waals surface area contributed by atoms with Crippen molar-refractivity contribution in [2.24, 2.45) is 0 Å². The lowest BCUT2D eigenvalue weighted by molar-refractivity contribution is -0.139. The second kappa shape index (κ2) is 16.7. The van der Waals surface area contributed by atoms with Gasteiger partial charge in [-0.25, -0.2) is 17.6 Å². The fraction of sp³-hybridized carbons (Fsp3) is 0.143. The van der Waals surface area contributed by atoms with Gasteiger partial charge >= 0.3 is 37.1 Å². The van der Waals surface area contributed by atoms with E-state index in [2.05, 4.69) is 0 Å². The summed E-state index contributed by atoms with van der Waals surface area (Å²) < 4.78 is 312. The van der Waals surface area contributed by atoms with E-state index in [4.69, 9.17) is 0 Å². The first-order chi connectivity index (χ1) is 30.2. The molecule has 0 atom stereocenters. The molecule has 0 saturated heterocycles. The Balaban J connectivity index is 1.60. The second-order valence-electron chi connectivity index (χ2n) is 13.8. The monoisotopic (exact) mass is 968 g/mol. The lowest BCUT2D eigenvalue weighted by atomic mass is 9.93. The molecular formula is C42H18F22N2. The molecule has 0 aliphatic heterocycles. The van der Waals surface area contributed by atoms with E-state index >= 15 is 17.6 Å². The minimum absolute atomic E-state index is 0.0704.